The molecule has 1 aromatic carbocycles. The molecule has 4 nitrogen and oxygen atoms in total. The number of aromatic nitrogens is 2. The van der Waals surface area contributed by atoms with Crippen molar-refractivity contribution in [3.8, 4) is 16.9 Å². The van der Waals surface area contributed by atoms with Gasteiger partial charge in [-0.1, -0.05) is 18.2 Å². The van der Waals surface area contributed by atoms with Crippen LogP contribution >= 0.6 is 0 Å². The molecule has 96 valence electrons. The number of benzene rings is 1. The summed E-state index contributed by atoms with van der Waals surface area (Å²) in [5.41, 5.74) is 10.1. The maximum Gasteiger partial charge on any atom is 0.126 e. The molecule has 0 unspecified atom stereocenters. The fraction of sp³-hybridized carbons (Fsp3) is 0.357. The van der Waals surface area contributed by atoms with Crippen molar-refractivity contribution in [3.05, 3.63) is 35.7 Å². The maximum absolute atomic E-state index is 5.68. The Kier molecular flexibility index (Phi) is 3.67. The van der Waals surface area contributed by atoms with Gasteiger partial charge in [-0.3, -0.25) is 4.68 Å². The van der Waals surface area contributed by atoms with Gasteiger partial charge in [-0.15, -0.1) is 0 Å². The first-order chi connectivity index (χ1) is 8.69. The zero-order valence-corrected chi connectivity index (χ0v) is 11.1. The van der Waals surface area contributed by atoms with Gasteiger partial charge in [0.15, 0.2) is 0 Å². The molecule has 2 N–H and O–H groups in total. The molecule has 0 spiro atoms. The molecule has 0 saturated carbocycles. The molecule has 0 bridgehead atoms. The van der Waals surface area contributed by atoms with Crippen molar-refractivity contribution in [2.24, 2.45) is 12.8 Å². The molecule has 2 rings (SSSR count). The van der Waals surface area contributed by atoms with Crippen molar-refractivity contribution < 1.29 is 4.74 Å². The third kappa shape index (κ3) is 2.11. The lowest BCUT2D eigenvalue weighted by Gasteiger charge is -2.10. The summed E-state index contributed by atoms with van der Waals surface area (Å²) in [5.74, 6) is 0.867. The summed E-state index contributed by atoms with van der Waals surface area (Å²) in [6, 6.07) is 8.00. The Morgan fingerprint density at radius 2 is 2.06 bits per heavy atom. The second-order valence-electron chi connectivity index (χ2n) is 4.27. The second-order valence-corrected chi connectivity index (χ2v) is 4.27. The normalized spacial score (nSPS) is 10.7. The molecule has 0 aliphatic carbocycles. The summed E-state index contributed by atoms with van der Waals surface area (Å²) >= 11 is 0. The SMILES string of the molecule is COc1ccccc1-c1c(C)nn(C)c1CCN. The van der Waals surface area contributed by atoms with Crippen molar-refractivity contribution in [2.45, 2.75) is 13.3 Å². The molecule has 4 heteroatoms. The van der Waals surface area contributed by atoms with Crippen LogP contribution in [0.1, 0.15) is 11.4 Å². The lowest BCUT2D eigenvalue weighted by atomic mass is 10.0. The first-order valence-corrected chi connectivity index (χ1v) is 6.05. The lowest BCUT2D eigenvalue weighted by Crippen LogP contribution is -2.08. The van der Waals surface area contributed by atoms with E-state index in [0.29, 0.717) is 6.54 Å². The number of nitrogens with two attached hydrogens (primary N) is 1. The van der Waals surface area contributed by atoms with Crippen LogP contribution in [-0.2, 0) is 13.5 Å². The van der Waals surface area contributed by atoms with Crippen LogP contribution in [0, 0.1) is 6.92 Å². The van der Waals surface area contributed by atoms with E-state index in [2.05, 4.69) is 11.2 Å². The van der Waals surface area contributed by atoms with E-state index in [-0.39, 0.29) is 0 Å². The molecule has 0 aliphatic heterocycles. The van der Waals surface area contributed by atoms with Gasteiger partial charge in [0.2, 0.25) is 0 Å². The highest BCUT2D eigenvalue weighted by Crippen LogP contribution is 2.34. The number of aryl methyl sites for hydroxylation is 2. The van der Waals surface area contributed by atoms with Crippen LogP contribution in [0.25, 0.3) is 11.1 Å². The smallest absolute Gasteiger partial charge is 0.126 e. The Hall–Kier alpha value is -1.81. The molecule has 2 aromatic rings. The van der Waals surface area contributed by atoms with Crippen molar-refractivity contribution in [2.75, 3.05) is 13.7 Å². The zero-order chi connectivity index (χ0) is 13.1. The highest BCUT2D eigenvalue weighted by atomic mass is 16.5. The van der Waals surface area contributed by atoms with Crippen molar-refractivity contribution in [1.82, 2.24) is 9.78 Å². The zero-order valence-electron chi connectivity index (χ0n) is 11.1. The van der Waals surface area contributed by atoms with E-state index in [4.69, 9.17) is 10.5 Å². The van der Waals surface area contributed by atoms with Gasteiger partial charge in [0.1, 0.15) is 5.75 Å². The van der Waals surface area contributed by atoms with Crippen LogP contribution in [0.3, 0.4) is 0 Å². The van der Waals surface area contributed by atoms with E-state index in [1.54, 1.807) is 7.11 Å². The minimum atomic E-state index is 0.612. The minimum Gasteiger partial charge on any atom is -0.496 e. The third-order valence-corrected chi connectivity index (χ3v) is 3.10. The average molecular weight is 245 g/mol. The molecule has 0 fully saturated rings. The molecule has 0 radical (unpaired) electrons. The van der Waals surface area contributed by atoms with Crippen LogP contribution in [0.5, 0.6) is 5.75 Å². The van der Waals surface area contributed by atoms with Gasteiger partial charge in [0, 0.05) is 30.3 Å². The summed E-state index contributed by atoms with van der Waals surface area (Å²) < 4.78 is 7.34. The van der Waals surface area contributed by atoms with Crippen molar-refractivity contribution in [3.63, 3.8) is 0 Å². The summed E-state index contributed by atoms with van der Waals surface area (Å²) in [5, 5.41) is 4.49. The second kappa shape index (κ2) is 5.23. The first-order valence-electron chi connectivity index (χ1n) is 6.05. The van der Waals surface area contributed by atoms with Crippen LogP contribution in [0.2, 0.25) is 0 Å². The molecule has 0 saturated heterocycles. The Morgan fingerprint density at radius 1 is 1.33 bits per heavy atom. The monoisotopic (exact) mass is 245 g/mol. The Labute approximate surface area is 107 Å². The number of hydrogen-bond donors (Lipinski definition) is 1. The number of methoxy groups -OCH3 is 1. The van der Waals surface area contributed by atoms with Crippen LogP contribution in [-0.4, -0.2) is 23.4 Å². The van der Waals surface area contributed by atoms with Gasteiger partial charge in [-0.05, 0) is 19.5 Å². The molecule has 18 heavy (non-hydrogen) atoms. The number of para-hydroxylation sites is 1. The van der Waals surface area contributed by atoms with Gasteiger partial charge < -0.3 is 10.5 Å². The van der Waals surface area contributed by atoms with Crippen molar-refractivity contribution >= 4 is 0 Å². The van der Waals surface area contributed by atoms with Crippen LogP contribution < -0.4 is 10.5 Å². The highest BCUT2D eigenvalue weighted by molar-refractivity contribution is 5.74. The molecule has 1 aromatic heterocycles. The average Bonchev–Trinajstić information content (AvgIpc) is 2.65. The third-order valence-electron chi connectivity index (χ3n) is 3.10. The Balaban J connectivity index is 2.62. The van der Waals surface area contributed by atoms with E-state index < -0.39 is 0 Å². The first kappa shape index (κ1) is 12.6. The standard InChI is InChI=1S/C14H19N3O/c1-10-14(12(8-9-15)17(2)16-10)11-6-4-5-7-13(11)18-3/h4-7H,8-9,15H2,1-3H3. The number of ether oxygens (including phenoxy) is 1. The Bertz CT molecular complexity index is 546. The van der Waals surface area contributed by atoms with Crippen LogP contribution in [0.4, 0.5) is 0 Å². The largest absolute Gasteiger partial charge is 0.496 e. The van der Waals surface area contributed by atoms with Gasteiger partial charge >= 0.3 is 0 Å². The van der Waals surface area contributed by atoms with Gasteiger partial charge in [-0.2, -0.15) is 5.10 Å². The summed E-state index contributed by atoms with van der Waals surface area (Å²) in [7, 11) is 3.64. The fourth-order valence-electron chi connectivity index (χ4n) is 2.33. The quantitative estimate of drug-likeness (QED) is 0.895. The molecule has 0 aliphatic rings. The molecular weight excluding hydrogens is 226 g/mol. The number of rotatable bonds is 4. The summed E-state index contributed by atoms with van der Waals surface area (Å²) in [6.45, 7) is 2.63. The van der Waals surface area contributed by atoms with E-state index in [9.17, 15) is 0 Å². The maximum atomic E-state index is 5.68. The molecular formula is C14H19N3O. The predicted octanol–water partition coefficient (Wildman–Crippen LogP) is 1.91. The molecule has 0 atom stereocenters. The van der Waals surface area contributed by atoms with Gasteiger partial charge in [0.05, 0.1) is 12.8 Å². The van der Waals surface area contributed by atoms with Crippen molar-refractivity contribution in [1.29, 1.82) is 0 Å². The summed E-state index contributed by atoms with van der Waals surface area (Å²) in [6.07, 6.45) is 0.810. The highest BCUT2D eigenvalue weighted by Gasteiger charge is 2.17. The number of nitrogens with zero attached hydrogens (tertiary/aromatic N) is 2. The molecule has 1 heterocycles. The topological polar surface area (TPSA) is 53.1 Å². The van der Waals surface area contributed by atoms with Crippen LogP contribution in [0.15, 0.2) is 24.3 Å². The summed E-state index contributed by atoms with van der Waals surface area (Å²) in [4.78, 5) is 0. The van der Waals surface area contributed by atoms with Gasteiger partial charge in [0.25, 0.3) is 0 Å². The van der Waals surface area contributed by atoms with E-state index >= 15 is 0 Å². The van der Waals surface area contributed by atoms with E-state index in [0.717, 1.165) is 34.7 Å². The van der Waals surface area contributed by atoms with E-state index in [1.807, 2.05) is 36.9 Å². The van der Waals surface area contributed by atoms with E-state index in [1.165, 1.54) is 0 Å². The minimum absolute atomic E-state index is 0.612. The predicted molar refractivity (Wildman–Crippen MR) is 72.7 cm³/mol. The fourth-order valence-corrected chi connectivity index (χ4v) is 2.33. The number of hydrogen-bond acceptors (Lipinski definition) is 3. The van der Waals surface area contributed by atoms with Gasteiger partial charge in [-0.25, -0.2) is 0 Å². The Morgan fingerprint density at radius 3 is 2.72 bits per heavy atom. The molecule has 0 amide bonds. The lowest BCUT2D eigenvalue weighted by molar-refractivity contribution is 0.416.